The van der Waals surface area contributed by atoms with Gasteiger partial charge in [0, 0.05) is 11.6 Å². The highest BCUT2D eigenvalue weighted by molar-refractivity contribution is 7.20. The lowest BCUT2D eigenvalue weighted by molar-refractivity contribution is 0.385. The second-order valence-corrected chi connectivity index (χ2v) is 5.99. The Bertz CT molecular complexity index is 312. The van der Waals surface area contributed by atoms with Crippen molar-refractivity contribution >= 4 is 34.5 Å². The second-order valence-electron chi connectivity index (χ2n) is 3.70. The molecule has 2 unspecified atom stereocenters. The minimum atomic E-state index is 0.316. The van der Waals surface area contributed by atoms with Crippen molar-refractivity contribution in [2.75, 3.05) is 6.54 Å². The van der Waals surface area contributed by atoms with Crippen molar-refractivity contribution in [1.82, 2.24) is 5.32 Å². The number of hydrogen-bond acceptors (Lipinski definition) is 2. The molecule has 0 radical (unpaired) electrons. The lowest BCUT2D eigenvalue weighted by Crippen LogP contribution is -2.26. The summed E-state index contributed by atoms with van der Waals surface area (Å²) in [5.41, 5.74) is 1.14. The quantitative estimate of drug-likeness (QED) is 0.810. The van der Waals surface area contributed by atoms with Gasteiger partial charge in [-0.3, -0.25) is 0 Å². The topological polar surface area (TPSA) is 12.0 Å². The third-order valence-electron chi connectivity index (χ3n) is 2.66. The van der Waals surface area contributed by atoms with E-state index in [1.807, 2.05) is 6.07 Å². The Hall–Kier alpha value is 0.240. The molecule has 0 spiro atoms. The molecule has 1 heterocycles. The van der Waals surface area contributed by atoms with Crippen molar-refractivity contribution in [3.8, 4) is 0 Å². The monoisotopic (exact) mass is 265 g/mol. The first-order valence-corrected chi connectivity index (χ1v) is 6.85. The van der Waals surface area contributed by atoms with Gasteiger partial charge < -0.3 is 5.32 Å². The van der Waals surface area contributed by atoms with Crippen LogP contribution in [0.4, 0.5) is 0 Å². The Kier molecular flexibility index (Phi) is 5.41. The zero-order valence-electron chi connectivity index (χ0n) is 9.31. The Morgan fingerprint density at radius 1 is 1.40 bits per heavy atom. The number of rotatable bonds is 5. The number of thiophene rings is 1. The summed E-state index contributed by atoms with van der Waals surface area (Å²) < 4.78 is 1.58. The molecule has 0 saturated carbocycles. The van der Waals surface area contributed by atoms with Gasteiger partial charge in [-0.2, -0.15) is 0 Å². The highest BCUT2D eigenvalue weighted by Crippen LogP contribution is 2.38. The first-order chi connectivity index (χ1) is 7.10. The molecule has 0 amide bonds. The summed E-state index contributed by atoms with van der Waals surface area (Å²) in [5.74, 6) is 0.563. The van der Waals surface area contributed by atoms with Gasteiger partial charge in [0.1, 0.15) is 0 Å². The molecule has 0 fully saturated rings. The molecule has 1 aromatic heterocycles. The summed E-state index contributed by atoms with van der Waals surface area (Å²) in [4.78, 5) is 0. The molecule has 1 rings (SSSR count). The van der Waals surface area contributed by atoms with E-state index in [0.717, 1.165) is 27.2 Å². The molecule has 1 N–H and O–H groups in total. The van der Waals surface area contributed by atoms with E-state index in [9.17, 15) is 0 Å². The normalized spacial score (nSPS) is 15.3. The summed E-state index contributed by atoms with van der Waals surface area (Å²) in [5, 5.41) is 3.47. The maximum absolute atomic E-state index is 6.17. The van der Waals surface area contributed by atoms with E-state index in [1.165, 1.54) is 11.3 Å². The molecule has 4 heteroatoms. The van der Waals surface area contributed by atoms with Crippen molar-refractivity contribution < 1.29 is 0 Å². The summed E-state index contributed by atoms with van der Waals surface area (Å²) in [6, 6.07) is 2.30. The van der Waals surface area contributed by atoms with Crippen LogP contribution in [-0.4, -0.2) is 6.54 Å². The number of nitrogens with one attached hydrogen (secondary N) is 1. The Morgan fingerprint density at radius 3 is 2.47 bits per heavy atom. The highest BCUT2D eigenvalue weighted by atomic mass is 35.5. The van der Waals surface area contributed by atoms with Crippen LogP contribution in [0.25, 0.3) is 0 Å². The first kappa shape index (κ1) is 13.3. The van der Waals surface area contributed by atoms with Crippen LogP contribution in [0, 0.1) is 5.92 Å². The fraction of sp³-hybridized carbons (Fsp3) is 0.636. The average molecular weight is 266 g/mol. The van der Waals surface area contributed by atoms with Gasteiger partial charge in [0.15, 0.2) is 0 Å². The molecule has 2 atom stereocenters. The zero-order chi connectivity index (χ0) is 11.4. The minimum Gasteiger partial charge on any atom is -0.310 e. The molecule has 1 nitrogen and oxygen atoms in total. The third-order valence-corrected chi connectivity index (χ3v) is 4.17. The predicted octanol–water partition coefficient (Wildman–Crippen LogP) is 4.75. The van der Waals surface area contributed by atoms with Crippen molar-refractivity contribution in [2.24, 2.45) is 5.92 Å². The fourth-order valence-electron chi connectivity index (χ4n) is 1.64. The maximum atomic E-state index is 6.17. The van der Waals surface area contributed by atoms with E-state index < -0.39 is 0 Å². The van der Waals surface area contributed by atoms with E-state index in [4.69, 9.17) is 23.2 Å². The van der Waals surface area contributed by atoms with Gasteiger partial charge in [-0.25, -0.2) is 0 Å². The van der Waals surface area contributed by atoms with E-state index in [-0.39, 0.29) is 0 Å². The summed E-state index contributed by atoms with van der Waals surface area (Å²) in [7, 11) is 0. The molecule has 15 heavy (non-hydrogen) atoms. The SMILES string of the molecule is CCNC(c1cc(Cl)sc1Cl)C(C)CC. The van der Waals surface area contributed by atoms with Gasteiger partial charge in [-0.05, 0) is 18.5 Å². The fourth-order valence-corrected chi connectivity index (χ4v) is 3.19. The van der Waals surface area contributed by atoms with Crippen LogP contribution in [0.5, 0.6) is 0 Å². The Morgan fingerprint density at radius 2 is 2.07 bits per heavy atom. The number of halogens is 2. The van der Waals surface area contributed by atoms with Crippen LogP contribution < -0.4 is 5.32 Å². The minimum absolute atomic E-state index is 0.316. The Labute approximate surface area is 106 Å². The molecular weight excluding hydrogens is 249 g/mol. The van der Waals surface area contributed by atoms with Crippen LogP contribution in [0.1, 0.15) is 38.8 Å². The van der Waals surface area contributed by atoms with E-state index in [2.05, 4.69) is 26.1 Å². The summed E-state index contributed by atoms with van der Waals surface area (Å²) >= 11 is 13.6. The van der Waals surface area contributed by atoms with E-state index in [0.29, 0.717) is 12.0 Å². The Balaban J connectivity index is 2.92. The van der Waals surface area contributed by atoms with Gasteiger partial charge in [0.2, 0.25) is 0 Å². The van der Waals surface area contributed by atoms with Gasteiger partial charge in [0.05, 0.1) is 8.67 Å². The van der Waals surface area contributed by atoms with Gasteiger partial charge >= 0.3 is 0 Å². The van der Waals surface area contributed by atoms with Crippen molar-refractivity contribution in [2.45, 2.75) is 33.2 Å². The van der Waals surface area contributed by atoms with Crippen LogP contribution in [0.15, 0.2) is 6.07 Å². The largest absolute Gasteiger partial charge is 0.310 e. The lowest BCUT2D eigenvalue weighted by Gasteiger charge is -2.23. The molecule has 0 aliphatic heterocycles. The molecule has 86 valence electrons. The third kappa shape index (κ3) is 3.35. The summed E-state index contributed by atoms with van der Waals surface area (Å²) in [6.45, 7) is 7.47. The van der Waals surface area contributed by atoms with Crippen molar-refractivity contribution in [3.63, 3.8) is 0 Å². The van der Waals surface area contributed by atoms with Crippen molar-refractivity contribution in [3.05, 3.63) is 20.3 Å². The molecule has 0 bridgehead atoms. The smallest absolute Gasteiger partial charge is 0.0992 e. The number of hydrogen-bond donors (Lipinski definition) is 1. The highest BCUT2D eigenvalue weighted by Gasteiger charge is 2.21. The van der Waals surface area contributed by atoms with Crippen LogP contribution in [0.2, 0.25) is 8.67 Å². The van der Waals surface area contributed by atoms with Gasteiger partial charge in [-0.15, -0.1) is 11.3 Å². The summed E-state index contributed by atoms with van der Waals surface area (Å²) in [6.07, 6.45) is 1.13. The average Bonchev–Trinajstić information content (AvgIpc) is 2.53. The molecular formula is C11H17Cl2NS. The van der Waals surface area contributed by atoms with Gasteiger partial charge in [0.25, 0.3) is 0 Å². The maximum Gasteiger partial charge on any atom is 0.0992 e. The molecule has 0 saturated heterocycles. The van der Waals surface area contributed by atoms with Crippen LogP contribution in [-0.2, 0) is 0 Å². The lowest BCUT2D eigenvalue weighted by atomic mass is 9.94. The molecule has 0 aromatic carbocycles. The molecule has 0 aliphatic rings. The van der Waals surface area contributed by atoms with Crippen LogP contribution in [0.3, 0.4) is 0 Å². The van der Waals surface area contributed by atoms with Crippen LogP contribution >= 0.6 is 34.5 Å². The zero-order valence-corrected chi connectivity index (χ0v) is 11.6. The second kappa shape index (κ2) is 6.09. The molecule has 1 aromatic rings. The van der Waals surface area contributed by atoms with Gasteiger partial charge in [-0.1, -0.05) is 50.4 Å². The molecule has 0 aliphatic carbocycles. The van der Waals surface area contributed by atoms with E-state index >= 15 is 0 Å². The first-order valence-electron chi connectivity index (χ1n) is 5.28. The van der Waals surface area contributed by atoms with Crippen molar-refractivity contribution in [1.29, 1.82) is 0 Å². The standard InChI is InChI=1S/C11H17Cl2NS/c1-4-7(3)10(14-5-2)8-6-9(12)15-11(8)13/h6-7,10,14H,4-5H2,1-3H3. The predicted molar refractivity (Wildman–Crippen MR) is 70.2 cm³/mol. The van der Waals surface area contributed by atoms with E-state index in [1.54, 1.807) is 0 Å².